The molecule has 108 valence electrons. The third-order valence-corrected chi connectivity index (χ3v) is 4.67. The molecule has 19 heavy (non-hydrogen) atoms. The van der Waals surface area contributed by atoms with Crippen LogP contribution in [0.4, 0.5) is 0 Å². The van der Waals surface area contributed by atoms with Gasteiger partial charge in [-0.25, -0.2) is 4.98 Å². The first-order chi connectivity index (χ1) is 8.99. The molecule has 1 N–H and O–H groups in total. The molecule has 0 amide bonds. The van der Waals surface area contributed by atoms with Crippen molar-refractivity contribution in [3.05, 3.63) is 17.3 Å². The Labute approximate surface area is 116 Å². The van der Waals surface area contributed by atoms with Crippen LogP contribution in [0, 0.1) is 13.8 Å². The maximum atomic E-state index is 5.73. The average molecular weight is 265 g/mol. The summed E-state index contributed by atoms with van der Waals surface area (Å²) in [5.74, 6) is 1.79. The highest BCUT2D eigenvalue weighted by molar-refractivity contribution is 5.06. The van der Waals surface area contributed by atoms with Gasteiger partial charge in [0.25, 0.3) is 0 Å². The predicted octanol–water partition coefficient (Wildman–Crippen LogP) is 2.64. The van der Waals surface area contributed by atoms with Crippen molar-refractivity contribution in [1.82, 2.24) is 15.2 Å². The van der Waals surface area contributed by atoms with Crippen molar-refractivity contribution in [3.8, 4) is 0 Å². The highest BCUT2D eigenvalue weighted by Gasteiger charge is 2.35. The van der Waals surface area contributed by atoms with Crippen LogP contribution in [0.25, 0.3) is 0 Å². The maximum Gasteiger partial charge on any atom is 0.208 e. The summed E-state index contributed by atoms with van der Waals surface area (Å²) < 4.78 is 5.73. The minimum absolute atomic E-state index is 0.253. The van der Waals surface area contributed by atoms with E-state index in [2.05, 4.69) is 36.0 Å². The molecule has 0 bridgehead atoms. The van der Waals surface area contributed by atoms with Crippen molar-refractivity contribution in [2.75, 3.05) is 13.1 Å². The zero-order valence-electron chi connectivity index (χ0n) is 12.9. The monoisotopic (exact) mass is 265 g/mol. The second-order valence-electron chi connectivity index (χ2n) is 5.87. The molecule has 1 aromatic heterocycles. The van der Waals surface area contributed by atoms with E-state index in [1.54, 1.807) is 0 Å². The van der Waals surface area contributed by atoms with E-state index >= 15 is 0 Å². The van der Waals surface area contributed by atoms with E-state index in [1.807, 2.05) is 13.8 Å². The summed E-state index contributed by atoms with van der Waals surface area (Å²) in [6.07, 6.45) is 2.33. The molecule has 0 aliphatic carbocycles. The van der Waals surface area contributed by atoms with Gasteiger partial charge in [0, 0.05) is 24.7 Å². The number of hydrogen-bond donors (Lipinski definition) is 1. The Morgan fingerprint density at radius 2 is 2.05 bits per heavy atom. The van der Waals surface area contributed by atoms with Crippen LogP contribution < -0.4 is 5.32 Å². The Balaban J connectivity index is 2.09. The maximum absolute atomic E-state index is 5.73. The molecule has 0 spiro atoms. The van der Waals surface area contributed by atoms with E-state index < -0.39 is 0 Å². The molecule has 2 heterocycles. The highest BCUT2D eigenvalue weighted by atomic mass is 16.4. The van der Waals surface area contributed by atoms with Crippen molar-refractivity contribution < 1.29 is 4.42 Å². The first-order valence-electron chi connectivity index (χ1n) is 7.41. The van der Waals surface area contributed by atoms with Gasteiger partial charge in [0.1, 0.15) is 5.76 Å². The molecular weight excluding hydrogens is 238 g/mol. The van der Waals surface area contributed by atoms with Gasteiger partial charge in [-0.05, 0) is 33.6 Å². The predicted molar refractivity (Wildman–Crippen MR) is 77.2 cm³/mol. The van der Waals surface area contributed by atoms with Gasteiger partial charge in [0.05, 0.1) is 12.2 Å². The van der Waals surface area contributed by atoms with Crippen molar-refractivity contribution >= 4 is 0 Å². The number of nitrogens with zero attached hydrogens (tertiary/aromatic N) is 2. The number of oxazole rings is 1. The number of nitrogens with one attached hydrogen (secondary N) is 1. The van der Waals surface area contributed by atoms with Crippen LogP contribution in [-0.4, -0.2) is 34.6 Å². The van der Waals surface area contributed by atoms with E-state index in [0.29, 0.717) is 6.04 Å². The lowest BCUT2D eigenvalue weighted by Crippen LogP contribution is -2.62. The highest BCUT2D eigenvalue weighted by Crippen LogP contribution is 2.24. The second kappa shape index (κ2) is 5.63. The lowest BCUT2D eigenvalue weighted by molar-refractivity contribution is 0.0673. The van der Waals surface area contributed by atoms with Gasteiger partial charge in [-0.15, -0.1) is 0 Å². The van der Waals surface area contributed by atoms with Crippen molar-refractivity contribution in [1.29, 1.82) is 0 Å². The molecule has 4 heteroatoms. The third-order valence-electron chi connectivity index (χ3n) is 4.67. The van der Waals surface area contributed by atoms with Gasteiger partial charge in [0.15, 0.2) is 0 Å². The average Bonchev–Trinajstić information content (AvgIpc) is 2.71. The van der Waals surface area contributed by atoms with Gasteiger partial charge in [-0.1, -0.05) is 13.8 Å². The lowest BCUT2D eigenvalue weighted by atomic mass is 9.89. The first-order valence-corrected chi connectivity index (χ1v) is 7.41. The summed E-state index contributed by atoms with van der Waals surface area (Å²) in [6, 6.07) is 0.527. The molecule has 0 radical (unpaired) electrons. The molecule has 4 nitrogen and oxygen atoms in total. The minimum Gasteiger partial charge on any atom is -0.444 e. The van der Waals surface area contributed by atoms with E-state index in [9.17, 15) is 0 Å². The van der Waals surface area contributed by atoms with Crippen molar-refractivity contribution in [3.63, 3.8) is 0 Å². The van der Waals surface area contributed by atoms with Crippen LogP contribution in [-0.2, 0) is 6.54 Å². The lowest BCUT2D eigenvalue weighted by Gasteiger charge is -2.46. The number of rotatable bonds is 4. The number of piperazine rings is 1. The summed E-state index contributed by atoms with van der Waals surface area (Å²) in [5.41, 5.74) is 1.26. The van der Waals surface area contributed by atoms with E-state index in [-0.39, 0.29) is 5.54 Å². The molecule has 1 aliphatic heterocycles. The Hall–Kier alpha value is -0.870. The molecular formula is C15H27N3O. The van der Waals surface area contributed by atoms with Crippen LogP contribution in [0.3, 0.4) is 0 Å². The van der Waals surface area contributed by atoms with Crippen LogP contribution in [0.15, 0.2) is 4.42 Å². The fraction of sp³-hybridized carbons (Fsp3) is 0.800. The van der Waals surface area contributed by atoms with Crippen LogP contribution in [0.5, 0.6) is 0 Å². The Morgan fingerprint density at radius 3 is 2.58 bits per heavy atom. The smallest absolute Gasteiger partial charge is 0.208 e. The topological polar surface area (TPSA) is 41.3 Å². The molecule has 1 aromatic rings. The number of hydrogen-bond acceptors (Lipinski definition) is 4. The second-order valence-corrected chi connectivity index (χ2v) is 5.87. The van der Waals surface area contributed by atoms with E-state index in [4.69, 9.17) is 4.42 Å². The summed E-state index contributed by atoms with van der Waals surface area (Å²) in [6.45, 7) is 13.7. The third kappa shape index (κ3) is 3.00. The normalized spacial score (nSPS) is 23.7. The summed E-state index contributed by atoms with van der Waals surface area (Å²) >= 11 is 0. The van der Waals surface area contributed by atoms with Gasteiger partial charge < -0.3 is 9.73 Å². The Morgan fingerprint density at radius 1 is 1.37 bits per heavy atom. The summed E-state index contributed by atoms with van der Waals surface area (Å²) in [7, 11) is 0. The fourth-order valence-electron chi connectivity index (χ4n) is 2.81. The molecule has 1 unspecified atom stereocenters. The number of aromatic nitrogens is 1. The Bertz CT molecular complexity index is 404. The molecule has 2 rings (SSSR count). The molecule has 1 atom stereocenters. The molecule has 0 saturated carbocycles. The summed E-state index contributed by atoms with van der Waals surface area (Å²) in [5, 5.41) is 3.72. The SMILES string of the molecule is CCC1(CC)CN(Cc2nc(C)c(C)o2)C(C)CN1. The first kappa shape index (κ1) is 14.5. The molecule has 0 aromatic carbocycles. The minimum atomic E-state index is 0.253. The molecule has 1 saturated heterocycles. The molecule has 1 fully saturated rings. The Kier molecular flexibility index (Phi) is 4.31. The standard InChI is InChI=1S/C15H27N3O/c1-6-15(7-2)10-18(11(3)8-16-15)9-14-17-12(4)13(5)19-14/h11,16H,6-10H2,1-5H3. The van der Waals surface area contributed by atoms with Crippen LogP contribution in [0.2, 0.25) is 0 Å². The van der Waals surface area contributed by atoms with Gasteiger partial charge in [-0.2, -0.15) is 0 Å². The van der Waals surface area contributed by atoms with E-state index in [1.165, 1.54) is 0 Å². The quantitative estimate of drug-likeness (QED) is 0.908. The zero-order chi connectivity index (χ0) is 14.0. The van der Waals surface area contributed by atoms with Crippen molar-refractivity contribution in [2.24, 2.45) is 0 Å². The van der Waals surface area contributed by atoms with E-state index in [0.717, 1.165) is 49.8 Å². The van der Waals surface area contributed by atoms with Gasteiger partial charge in [0.2, 0.25) is 5.89 Å². The van der Waals surface area contributed by atoms with Crippen molar-refractivity contribution in [2.45, 2.75) is 65.6 Å². The number of aryl methyl sites for hydroxylation is 2. The zero-order valence-corrected chi connectivity index (χ0v) is 12.9. The van der Waals surface area contributed by atoms with Crippen LogP contribution in [0.1, 0.15) is 51.0 Å². The fourth-order valence-corrected chi connectivity index (χ4v) is 2.81. The largest absolute Gasteiger partial charge is 0.444 e. The molecule has 1 aliphatic rings. The van der Waals surface area contributed by atoms with Gasteiger partial charge >= 0.3 is 0 Å². The summed E-state index contributed by atoms with van der Waals surface area (Å²) in [4.78, 5) is 7.00. The van der Waals surface area contributed by atoms with Crippen LogP contribution >= 0.6 is 0 Å². The van der Waals surface area contributed by atoms with Gasteiger partial charge in [-0.3, -0.25) is 4.90 Å².